The van der Waals surface area contributed by atoms with Crippen molar-refractivity contribution in [1.82, 2.24) is 9.80 Å². The Kier molecular flexibility index (Phi) is 5.67. The third-order valence-electron chi connectivity index (χ3n) is 6.42. The largest absolute Gasteiger partial charge is 0.497 e. The summed E-state index contributed by atoms with van der Waals surface area (Å²) >= 11 is 0. The molecule has 0 saturated heterocycles. The summed E-state index contributed by atoms with van der Waals surface area (Å²) in [6.07, 6.45) is 6.40. The predicted octanol–water partition coefficient (Wildman–Crippen LogP) is 3.21. The lowest BCUT2D eigenvalue weighted by molar-refractivity contribution is -0.131. The summed E-state index contributed by atoms with van der Waals surface area (Å²) in [6.45, 7) is 0. The van der Waals surface area contributed by atoms with E-state index in [0.29, 0.717) is 12.5 Å². The Morgan fingerprint density at radius 3 is 2.08 bits per heavy atom. The summed E-state index contributed by atoms with van der Waals surface area (Å²) in [7, 11) is 8.06. The van der Waals surface area contributed by atoms with Gasteiger partial charge in [-0.15, -0.1) is 0 Å². The zero-order valence-electron chi connectivity index (χ0n) is 16.1. The highest BCUT2D eigenvalue weighted by Gasteiger charge is 2.43. The molecule has 0 aliphatic heterocycles. The van der Waals surface area contributed by atoms with Crippen LogP contribution in [0, 0.1) is 11.8 Å². The zero-order valence-corrected chi connectivity index (χ0v) is 16.1. The number of benzene rings is 1. The maximum absolute atomic E-state index is 12.6. The fourth-order valence-corrected chi connectivity index (χ4v) is 4.71. The van der Waals surface area contributed by atoms with E-state index in [1.165, 1.54) is 31.2 Å². The Hall–Kier alpha value is -1.55. The van der Waals surface area contributed by atoms with Crippen LogP contribution in [-0.2, 0) is 11.2 Å². The van der Waals surface area contributed by atoms with E-state index in [9.17, 15) is 4.79 Å². The number of methoxy groups -OCH3 is 1. The van der Waals surface area contributed by atoms with Crippen LogP contribution >= 0.6 is 0 Å². The number of hydrogen-bond donors (Lipinski definition) is 0. The minimum atomic E-state index is 0.282. The Morgan fingerprint density at radius 2 is 1.56 bits per heavy atom. The lowest BCUT2D eigenvalue weighted by Crippen LogP contribution is -2.36. The molecular weight excluding hydrogens is 312 g/mol. The average molecular weight is 344 g/mol. The van der Waals surface area contributed by atoms with Crippen molar-refractivity contribution in [3.63, 3.8) is 0 Å². The van der Waals surface area contributed by atoms with Crippen LogP contribution < -0.4 is 4.74 Å². The molecule has 138 valence electrons. The Morgan fingerprint density at radius 1 is 1.00 bits per heavy atom. The molecule has 0 bridgehead atoms. The summed E-state index contributed by atoms with van der Waals surface area (Å²) in [5, 5.41) is 0. The number of hydrogen-bond acceptors (Lipinski definition) is 3. The van der Waals surface area contributed by atoms with Crippen molar-refractivity contribution in [2.75, 3.05) is 28.3 Å². The van der Waals surface area contributed by atoms with Gasteiger partial charge < -0.3 is 14.5 Å². The van der Waals surface area contributed by atoms with Gasteiger partial charge in [0.05, 0.1) is 7.11 Å². The smallest absolute Gasteiger partial charge is 0.222 e. The van der Waals surface area contributed by atoms with Gasteiger partial charge in [-0.3, -0.25) is 4.79 Å². The van der Waals surface area contributed by atoms with Crippen LogP contribution in [0.5, 0.6) is 5.75 Å². The van der Waals surface area contributed by atoms with Gasteiger partial charge in [-0.25, -0.2) is 0 Å². The summed E-state index contributed by atoms with van der Waals surface area (Å²) in [5.74, 6) is 2.77. The normalized spacial score (nSPS) is 28.2. The molecule has 1 amide bonds. The Bertz CT molecular complexity index is 570. The number of nitrogens with zero attached hydrogens (tertiary/aromatic N) is 2. The van der Waals surface area contributed by atoms with Crippen LogP contribution in [0.4, 0.5) is 0 Å². The molecule has 4 atom stereocenters. The van der Waals surface area contributed by atoms with Gasteiger partial charge in [0.25, 0.3) is 0 Å². The predicted molar refractivity (Wildman–Crippen MR) is 101 cm³/mol. The maximum Gasteiger partial charge on any atom is 0.222 e. The van der Waals surface area contributed by atoms with E-state index in [2.05, 4.69) is 19.0 Å². The topological polar surface area (TPSA) is 32.8 Å². The molecule has 0 aromatic heterocycles. The average Bonchev–Trinajstić information content (AvgIpc) is 3.18. The second-order valence-corrected chi connectivity index (χ2v) is 8.09. The summed E-state index contributed by atoms with van der Waals surface area (Å²) in [5.41, 5.74) is 1.19. The first-order valence-corrected chi connectivity index (χ1v) is 9.53. The standard InChI is InChI=1S/C21H32N2O2/c1-22(2)18-11-16-13-19(14-17(16)12-18)23(3)21(24)10-7-15-5-8-20(25-4)9-6-15/h5-6,8-9,16-19H,7,10-14H2,1-4H3/t16-,17+,18?,19?. The third kappa shape index (κ3) is 4.17. The summed E-state index contributed by atoms with van der Waals surface area (Å²) < 4.78 is 5.18. The van der Waals surface area contributed by atoms with Crippen molar-refractivity contribution in [3.8, 4) is 5.75 Å². The van der Waals surface area contributed by atoms with E-state index in [1.807, 2.05) is 36.2 Å². The minimum Gasteiger partial charge on any atom is -0.497 e. The van der Waals surface area contributed by atoms with Crippen molar-refractivity contribution >= 4 is 5.91 Å². The van der Waals surface area contributed by atoms with Gasteiger partial charge >= 0.3 is 0 Å². The van der Waals surface area contributed by atoms with Crippen LogP contribution in [0.2, 0.25) is 0 Å². The quantitative estimate of drug-likeness (QED) is 0.794. The Labute approximate surface area is 152 Å². The van der Waals surface area contributed by atoms with Crippen LogP contribution in [0.1, 0.15) is 37.7 Å². The number of aryl methyl sites for hydroxylation is 1. The molecule has 0 N–H and O–H groups in total. The first kappa shape index (κ1) is 18.2. The molecule has 3 rings (SSSR count). The molecule has 4 heteroatoms. The van der Waals surface area contributed by atoms with Crippen LogP contribution in [0.25, 0.3) is 0 Å². The van der Waals surface area contributed by atoms with Crippen LogP contribution in [-0.4, -0.2) is 56.0 Å². The molecule has 0 spiro atoms. The highest BCUT2D eigenvalue weighted by atomic mass is 16.5. The number of carbonyl (C=O) groups excluding carboxylic acids is 1. The molecule has 1 aromatic rings. The van der Waals surface area contributed by atoms with E-state index >= 15 is 0 Å². The highest BCUT2D eigenvalue weighted by molar-refractivity contribution is 5.76. The molecule has 2 unspecified atom stereocenters. The molecule has 0 heterocycles. The molecular formula is C21H32N2O2. The maximum atomic E-state index is 12.6. The van der Waals surface area contributed by atoms with Crippen LogP contribution in [0.15, 0.2) is 24.3 Å². The van der Waals surface area contributed by atoms with Crippen molar-refractivity contribution in [3.05, 3.63) is 29.8 Å². The van der Waals surface area contributed by atoms with Crippen molar-refractivity contribution in [2.45, 2.75) is 50.6 Å². The number of carbonyl (C=O) groups is 1. The zero-order chi connectivity index (χ0) is 18.0. The molecule has 2 fully saturated rings. The van der Waals surface area contributed by atoms with Gasteiger partial charge in [0.2, 0.25) is 5.91 Å². The van der Waals surface area contributed by atoms with E-state index in [-0.39, 0.29) is 5.91 Å². The number of fused-ring (bicyclic) bond motifs is 1. The molecule has 4 nitrogen and oxygen atoms in total. The van der Waals surface area contributed by atoms with Gasteiger partial charge in [0.15, 0.2) is 0 Å². The van der Waals surface area contributed by atoms with Crippen molar-refractivity contribution in [1.29, 1.82) is 0 Å². The van der Waals surface area contributed by atoms with Gasteiger partial charge in [0.1, 0.15) is 5.75 Å². The lowest BCUT2D eigenvalue weighted by Gasteiger charge is -2.27. The lowest BCUT2D eigenvalue weighted by atomic mass is 10.0. The first-order chi connectivity index (χ1) is 12.0. The summed E-state index contributed by atoms with van der Waals surface area (Å²) in [6, 6.07) is 9.21. The van der Waals surface area contributed by atoms with Gasteiger partial charge in [0, 0.05) is 25.6 Å². The Balaban J connectivity index is 1.47. The molecule has 0 radical (unpaired) electrons. The van der Waals surface area contributed by atoms with Gasteiger partial charge in [-0.2, -0.15) is 0 Å². The summed E-state index contributed by atoms with van der Waals surface area (Å²) in [4.78, 5) is 17.0. The SMILES string of the molecule is COc1ccc(CCC(=O)N(C)C2C[C@H]3CC(N(C)C)C[C@H]3C2)cc1. The molecule has 1 aromatic carbocycles. The number of amides is 1. The van der Waals surface area contributed by atoms with E-state index in [1.54, 1.807) is 7.11 Å². The molecule has 2 aliphatic rings. The van der Waals surface area contributed by atoms with Gasteiger partial charge in [-0.1, -0.05) is 12.1 Å². The second kappa shape index (κ2) is 7.77. The fourth-order valence-electron chi connectivity index (χ4n) is 4.71. The first-order valence-electron chi connectivity index (χ1n) is 9.53. The van der Waals surface area contributed by atoms with Gasteiger partial charge in [-0.05, 0) is 75.7 Å². The molecule has 25 heavy (non-hydrogen) atoms. The fraction of sp³-hybridized carbons (Fsp3) is 0.667. The van der Waals surface area contributed by atoms with Crippen molar-refractivity contribution < 1.29 is 9.53 Å². The molecule has 2 aliphatic carbocycles. The highest BCUT2D eigenvalue weighted by Crippen LogP contribution is 2.46. The second-order valence-electron chi connectivity index (χ2n) is 8.09. The molecule has 2 saturated carbocycles. The third-order valence-corrected chi connectivity index (χ3v) is 6.42. The van der Waals surface area contributed by atoms with E-state index in [4.69, 9.17) is 4.74 Å². The minimum absolute atomic E-state index is 0.282. The number of ether oxygens (including phenoxy) is 1. The number of rotatable bonds is 6. The van der Waals surface area contributed by atoms with E-state index in [0.717, 1.165) is 30.0 Å². The van der Waals surface area contributed by atoms with Crippen LogP contribution in [0.3, 0.4) is 0 Å². The monoisotopic (exact) mass is 344 g/mol. The van der Waals surface area contributed by atoms with Crippen molar-refractivity contribution in [2.24, 2.45) is 11.8 Å². The van der Waals surface area contributed by atoms with E-state index < -0.39 is 0 Å².